The van der Waals surface area contributed by atoms with Crippen molar-refractivity contribution >= 4 is 33.8 Å². The monoisotopic (exact) mass is 438 g/mol. The zero-order chi connectivity index (χ0) is 22.3. The molecule has 0 fully saturated rings. The summed E-state index contributed by atoms with van der Waals surface area (Å²) in [5.74, 6) is -0.854. The SMILES string of the molecule is COC(=O)/C=C/c1cc(OC)c(OC)c(S(=O)(=O)NCC(=O)Nc2ccn(C)n2)c1. The highest BCUT2D eigenvalue weighted by atomic mass is 32.2. The Bertz CT molecular complexity index is 1060. The van der Waals surface area contributed by atoms with Gasteiger partial charge in [0.05, 0.1) is 27.9 Å². The van der Waals surface area contributed by atoms with Gasteiger partial charge in [0, 0.05) is 25.4 Å². The molecule has 1 aromatic heterocycles. The third-order valence-corrected chi connectivity index (χ3v) is 5.18. The van der Waals surface area contributed by atoms with Crippen LogP contribution in [0.25, 0.3) is 6.08 Å². The van der Waals surface area contributed by atoms with Gasteiger partial charge in [0.15, 0.2) is 17.3 Å². The number of hydrogen-bond acceptors (Lipinski definition) is 8. The van der Waals surface area contributed by atoms with E-state index in [9.17, 15) is 18.0 Å². The predicted octanol–water partition coefficient (Wildman–Crippen LogP) is 0.540. The van der Waals surface area contributed by atoms with E-state index in [2.05, 4.69) is 19.9 Å². The van der Waals surface area contributed by atoms with E-state index in [4.69, 9.17) is 9.47 Å². The number of sulfonamides is 1. The molecule has 0 saturated heterocycles. The molecule has 0 bridgehead atoms. The van der Waals surface area contributed by atoms with E-state index >= 15 is 0 Å². The second-order valence-corrected chi connectivity index (χ2v) is 7.59. The van der Waals surface area contributed by atoms with Crippen LogP contribution in [0.2, 0.25) is 0 Å². The summed E-state index contributed by atoms with van der Waals surface area (Å²) >= 11 is 0. The van der Waals surface area contributed by atoms with Gasteiger partial charge >= 0.3 is 5.97 Å². The standard InChI is InChI=1S/C18H22N4O7S/c1-22-8-7-15(21-22)20-16(23)11-19-30(25,26)14-10-12(5-6-17(24)28-3)9-13(27-2)18(14)29-4/h5-10,19H,11H2,1-4H3,(H,20,21,23)/b6-5+. The number of carbonyl (C=O) groups is 2. The molecule has 1 heterocycles. The summed E-state index contributed by atoms with van der Waals surface area (Å²) in [4.78, 5) is 23.1. The maximum Gasteiger partial charge on any atom is 0.330 e. The lowest BCUT2D eigenvalue weighted by atomic mass is 10.2. The molecule has 2 aromatic rings. The Labute approximate surface area is 173 Å². The summed E-state index contributed by atoms with van der Waals surface area (Å²) in [6, 6.07) is 4.34. The second-order valence-electron chi connectivity index (χ2n) is 5.86. The van der Waals surface area contributed by atoms with E-state index < -0.39 is 28.4 Å². The number of anilines is 1. The van der Waals surface area contributed by atoms with Crippen molar-refractivity contribution < 1.29 is 32.2 Å². The van der Waals surface area contributed by atoms with Gasteiger partial charge in [-0.05, 0) is 23.8 Å². The van der Waals surface area contributed by atoms with E-state index in [1.165, 1.54) is 44.2 Å². The molecule has 12 heteroatoms. The maximum atomic E-state index is 12.8. The number of esters is 1. The number of carbonyl (C=O) groups excluding carboxylic acids is 2. The third-order valence-electron chi connectivity index (χ3n) is 3.77. The summed E-state index contributed by atoms with van der Waals surface area (Å²) < 4.78 is 44.3. The van der Waals surface area contributed by atoms with Crippen molar-refractivity contribution in [2.45, 2.75) is 4.90 Å². The fraction of sp³-hybridized carbons (Fsp3) is 0.278. The van der Waals surface area contributed by atoms with Crippen molar-refractivity contribution in [1.29, 1.82) is 0 Å². The van der Waals surface area contributed by atoms with Crippen LogP contribution in [0.4, 0.5) is 5.82 Å². The molecule has 30 heavy (non-hydrogen) atoms. The number of hydrogen-bond donors (Lipinski definition) is 2. The topological polar surface area (TPSA) is 138 Å². The molecule has 0 aliphatic carbocycles. The van der Waals surface area contributed by atoms with Crippen molar-refractivity contribution in [3.8, 4) is 11.5 Å². The highest BCUT2D eigenvalue weighted by Crippen LogP contribution is 2.36. The number of rotatable bonds is 9. The van der Waals surface area contributed by atoms with Crippen molar-refractivity contribution in [2.75, 3.05) is 33.2 Å². The smallest absolute Gasteiger partial charge is 0.330 e. The highest BCUT2D eigenvalue weighted by molar-refractivity contribution is 7.89. The van der Waals surface area contributed by atoms with Gasteiger partial charge in [0.1, 0.15) is 4.90 Å². The highest BCUT2D eigenvalue weighted by Gasteiger charge is 2.24. The molecule has 2 N–H and O–H groups in total. The summed E-state index contributed by atoms with van der Waals surface area (Å²) in [6.45, 7) is -0.535. The fourth-order valence-corrected chi connectivity index (χ4v) is 3.58. The van der Waals surface area contributed by atoms with E-state index in [0.717, 1.165) is 6.08 Å². The van der Waals surface area contributed by atoms with Crippen molar-refractivity contribution in [3.63, 3.8) is 0 Å². The molecule has 162 valence electrons. The van der Waals surface area contributed by atoms with Gasteiger partial charge in [0.2, 0.25) is 15.9 Å². The van der Waals surface area contributed by atoms with Crippen LogP contribution in [0, 0.1) is 0 Å². The molecule has 1 amide bonds. The first-order valence-electron chi connectivity index (χ1n) is 8.51. The van der Waals surface area contributed by atoms with E-state index in [1.54, 1.807) is 19.3 Å². The molecule has 0 unspecified atom stereocenters. The van der Waals surface area contributed by atoms with Crippen LogP contribution in [-0.4, -0.2) is 57.9 Å². The Morgan fingerprint density at radius 3 is 2.50 bits per heavy atom. The molecular weight excluding hydrogens is 416 g/mol. The number of aryl methyl sites for hydroxylation is 1. The van der Waals surface area contributed by atoms with Gasteiger partial charge in [-0.1, -0.05) is 0 Å². The van der Waals surface area contributed by atoms with Crippen LogP contribution in [0.5, 0.6) is 11.5 Å². The van der Waals surface area contributed by atoms with Gasteiger partial charge in [-0.2, -0.15) is 5.10 Å². The number of ether oxygens (including phenoxy) is 3. The minimum absolute atomic E-state index is 0.0506. The average molecular weight is 438 g/mol. The number of amides is 1. The molecule has 1 aromatic carbocycles. The molecule has 0 saturated carbocycles. The molecule has 0 radical (unpaired) electrons. The Hall–Kier alpha value is -3.38. The van der Waals surface area contributed by atoms with Crippen LogP contribution >= 0.6 is 0 Å². The minimum Gasteiger partial charge on any atom is -0.493 e. The summed E-state index contributed by atoms with van der Waals surface area (Å²) in [5.41, 5.74) is 0.344. The van der Waals surface area contributed by atoms with Crippen molar-refractivity contribution in [2.24, 2.45) is 7.05 Å². The molecule has 2 rings (SSSR count). The van der Waals surface area contributed by atoms with Crippen molar-refractivity contribution in [3.05, 3.63) is 36.0 Å². The largest absolute Gasteiger partial charge is 0.493 e. The lowest BCUT2D eigenvalue weighted by molar-refractivity contribution is -0.134. The van der Waals surface area contributed by atoms with Gasteiger partial charge in [-0.25, -0.2) is 17.9 Å². The molecule has 0 spiro atoms. The Morgan fingerprint density at radius 2 is 1.93 bits per heavy atom. The lowest BCUT2D eigenvalue weighted by Gasteiger charge is -2.15. The Morgan fingerprint density at radius 1 is 1.20 bits per heavy atom. The van der Waals surface area contributed by atoms with Crippen LogP contribution in [-0.2, 0) is 31.4 Å². The van der Waals surface area contributed by atoms with Crippen LogP contribution in [0.1, 0.15) is 5.56 Å². The maximum absolute atomic E-state index is 12.8. The van der Waals surface area contributed by atoms with Gasteiger partial charge in [0.25, 0.3) is 0 Å². The number of aromatic nitrogens is 2. The zero-order valence-corrected chi connectivity index (χ0v) is 17.6. The number of nitrogens with one attached hydrogen (secondary N) is 2. The zero-order valence-electron chi connectivity index (χ0n) is 16.8. The number of methoxy groups -OCH3 is 3. The first-order valence-corrected chi connectivity index (χ1v) is 9.99. The van der Waals surface area contributed by atoms with Gasteiger partial charge < -0.3 is 19.5 Å². The van der Waals surface area contributed by atoms with Crippen molar-refractivity contribution in [1.82, 2.24) is 14.5 Å². The van der Waals surface area contributed by atoms with Gasteiger partial charge in [-0.15, -0.1) is 0 Å². The average Bonchev–Trinajstić information content (AvgIpc) is 3.14. The first kappa shape index (κ1) is 22.9. The number of nitrogens with zero attached hydrogens (tertiary/aromatic N) is 2. The summed E-state index contributed by atoms with van der Waals surface area (Å²) in [5, 5.41) is 6.45. The molecule has 0 aliphatic heterocycles. The second kappa shape index (κ2) is 9.89. The molecular formula is C18H22N4O7S. The number of benzene rings is 1. The van der Waals surface area contributed by atoms with Crippen LogP contribution < -0.4 is 19.5 Å². The minimum atomic E-state index is -4.18. The molecule has 0 aliphatic rings. The van der Waals surface area contributed by atoms with E-state index in [1.807, 2.05) is 0 Å². The van der Waals surface area contributed by atoms with E-state index in [0.29, 0.717) is 5.56 Å². The normalized spacial score (nSPS) is 11.3. The van der Waals surface area contributed by atoms with Crippen LogP contribution in [0.3, 0.4) is 0 Å². The lowest BCUT2D eigenvalue weighted by Crippen LogP contribution is -2.33. The molecule has 0 atom stereocenters. The Kier molecular flexibility index (Phi) is 7.55. The summed E-state index contributed by atoms with van der Waals surface area (Å²) in [7, 11) is 1.35. The quantitative estimate of drug-likeness (QED) is 0.427. The Balaban J connectivity index is 2.28. The molecule has 11 nitrogen and oxygen atoms in total. The summed E-state index contributed by atoms with van der Waals surface area (Å²) in [6.07, 6.45) is 4.12. The fourth-order valence-electron chi connectivity index (χ4n) is 2.38. The van der Waals surface area contributed by atoms with E-state index in [-0.39, 0.29) is 22.2 Å². The van der Waals surface area contributed by atoms with Gasteiger partial charge in [-0.3, -0.25) is 9.48 Å². The third kappa shape index (κ3) is 5.81. The first-order chi connectivity index (χ1) is 14.2. The van der Waals surface area contributed by atoms with Crippen LogP contribution in [0.15, 0.2) is 35.4 Å². The predicted molar refractivity (Wildman–Crippen MR) is 108 cm³/mol.